The van der Waals surface area contributed by atoms with Crippen molar-refractivity contribution in [2.24, 2.45) is 15.8 Å². The molecule has 0 spiro atoms. The van der Waals surface area contributed by atoms with Gasteiger partial charge in [0.05, 0.1) is 72.5 Å². The number of nitrogens with one attached hydrogen (secondary N) is 4. The van der Waals surface area contributed by atoms with Crippen molar-refractivity contribution in [3.05, 3.63) is 91.2 Å². The minimum atomic E-state index is -0.983. The van der Waals surface area contributed by atoms with Gasteiger partial charge in [-0.15, -0.1) is 22.7 Å². The van der Waals surface area contributed by atoms with Gasteiger partial charge in [0.15, 0.2) is 5.90 Å². The van der Waals surface area contributed by atoms with Gasteiger partial charge in [-0.05, 0) is 107 Å². The number of aliphatic imine (C=N–C) groups is 1. The first-order valence-corrected chi connectivity index (χ1v) is 24.7. The molecule has 19 nitrogen and oxygen atoms in total. The van der Waals surface area contributed by atoms with Crippen LogP contribution < -0.4 is 30.7 Å². The molecule has 0 bridgehead atoms. The molecule has 0 aliphatic carbocycles. The van der Waals surface area contributed by atoms with E-state index in [1.807, 2.05) is 53.4 Å². The number of carbonyl (C=O) groups is 6. The van der Waals surface area contributed by atoms with E-state index in [9.17, 15) is 28.8 Å². The number of carbonyl (C=O) groups excluding carboxylic acids is 6. The van der Waals surface area contributed by atoms with Gasteiger partial charge in [-0.25, -0.2) is 9.59 Å². The van der Waals surface area contributed by atoms with Crippen molar-refractivity contribution in [1.82, 2.24) is 10.6 Å². The molecule has 23 heteroatoms. The van der Waals surface area contributed by atoms with Crippen molar-refractivity contribution in [3.8, 4) is 0 Å². The van der Waals surface area contributed by atoms with Crippen LogP contribution in [0.5, 0.6) is 0 Å². The zero-order valence-electron chi connectivity index (χ0n) is 40.6. The lowest BCUT2D eigenvalue weighted by Gasteiger charge is -2.30. The van der Waals surface area contributed by atoms with Crippen LogP contribution in [-0.4, -0.2) is 127 Å². The number of cyclic esters (lactones) is 2. The second kappa shape index (κ2) is 25.1. The Morgan fingerprint density at radius 1 is 0.704 bits per heavy atom. The number of amidine groups is 1. The van der Waals surface area contributed by atoms with Crippen LogP contribution in [0.4, 0.5) is 32.3 Å². The maximum atomic E-state index is 12.4. The predicted molar refractivity (Wildman–Crippen MR) is 276 cm³/mol. The Balaban J connectivity index is 0.000000224. The summed E-state index contributed by atoms with van der Waals surface area (Å²) in [4.78, 5) is 82.7. The molecule has 5 heterocycles. The Morgan fingerprint density at radius 3 is 1.56 bits per heavy atom. The molecule has 2 aromatic carbocycles. The molecular formula is C48H58Cl2N8O11S2. The number of methoxy groups -OCH3 is 3. The summed E-state index contributed by atoms with van der Waals surface area (Å²) < 4.78 is 25.9. The summed E-state index contributed by atoms with van der Waals surface area (Å²) in [7, 11) is 4.00. The Hall–Kier alpha value is -6.42. The van der Waals surface area contributed by atoms with E-state index < -0.39 is 35.1 Å². The molecule has 3 aliphatic rings. The van der Waals surface area contributed by atoms with Crippen molar-refractivity contribution in [3.63, 3.8) is 0 Å². The SMILES string of the molecule is CCCNc1ccc(N2C[C@H](CNC(=O)c3ccc(Cl)s3)OC2=O)cc1.COC(=N)C(C)(C)C(=O)OC.COC(=O)C(C)(C)C1=NCCN1c1ccc(N2C[C@H](CNC(=O)c3ccc(Cl)s3)OC2=O)cc1. The minimum absolute atomic E-state index is 0.0932. The average molecular weight is 1060 g/mol. The van der Waals surface area contributed by atoms with Crippen LogP contribution in [-0.2, 0) is 33.3 Å². The Bertz CT molecular complexity index is 2550. The molecule has 7 rings (SSSR count). The van der Waals surface area contributed by atoms with E-state index in [2.05, 4.69) is 37.3 Å². The maximum Gasteiger partial charge on any atom is 0.414 e. The summed E-state index contributed by atoms with van der Waals surface area (Å²) in [6.07, 6.45) is -0.686. The van der Waals surface area contributed by atoms with Crippen LogP contribution in [0.15, 0.2) is 77.8 Å². The Labute approximate surface area is 430 Å². The summed E-state index contributed by atoms with van der Waals surface area (Å²) in [6.45, 7) is 12.1. The van der Waals surface area contributed by atoms with E-state index in [0.29, 0.717) is 56.1 Å². The quantitative estimate of drug-likeness (QED) is 0.0358. The molecule has 2 fully saturated rings. The minimum Gasteiger partial charge on any atom is -0.484 e. The highest BCUT2D eigenvalue weighted by Gasteiger charge is 2.41. The van der Waals surface area contributed by atoms with Crippen molar-refractivity contribution in [2.45, 2.75) is 53.2 Å². The number of hydrogen-bond donors (Lipinski definition) is 4. The topological polar surface area (TPSA) is 231 Å². The van der Waals surface area contributed by atoms with Crippen molar-refractivity contribution in [1.29, 1.82) is 5.41 Å². The van der Waals surface area contributed by atoms with Gasteiger partial charge in [0.25, 0.3) is 11.8 Å². The van der Waals surface area contributed by atoms with Crippen LogP contribution in [0.2, 0.25) is 8.67 Å². The van der Waals surface area contributed by atoms with Crippen LogP contribution in [0.25, 0.3) is 0 Å². The van der Waals surface area contributed by atoms with Gasteiger partial charge >= 0.3 is 24.1 Å². The first-order chi connectivity index (χ1) is 33.7. The predicted octanol–water partition coefficient (Wildman–Crippen LogP) is 8.36. The van der Waals surface area contributed by atoms with Gasteiger partial charge in [0, 0.05) is 35.8 Å². The summed E-state index contributed by atoms with van der Waals surface area (Å²) in [5, 5.41) is 16.1. The molecule has 0 radical (unpaired) electrons. The summed E-state index contributed by atoms with van der Waals surface area (Å²) in [5.41, 5.74) is 1.47. The lowest BCUT2D eigenvalue weighted by molar-refractivity contribution is -0.148. The molecule has 382 valence electrons. The summed E-state index contributed by atoms with van der Waals surface area (Å²) >= 11 is 14.1. The largest absolute Gasteiger partial charge is 0.484 e. The zero-order valence-corrected chi connectivity index (χ0v) is 43.7. The van der Waals surface area contributed by atoms with Crippen molar-refractivity contribution >= 4 is 116 Å². The fraction of sp³-hybridized carbons (Fsp3) is 0.417. The fourth-order valence-electron chi connectivity index (χ4n) is 7.16. The molecule has 4 amide bonds. The number of hydrogen-bond acceptors (Lipinski definition) is 17. The van der Waals surface area contributed by atoms with Gasteiger partial charge in [0.1, 0.15) is 28.9 Å². The van der Waals surface area contributed by atoms with E-state index >= 15 is 0 Å². The van der Waals surface area contributed by atoms with Gasteiger partial charge in [0.2, 0.25) is 0 Å². The van der Waals surface area contributed by atoms with Gasteiger partial charge in [-0.2, -0.15) is 0 Å². The van der Waals surface area contributed by atoms with E-state index in [0.717, 1.165) is 30.0 Å². The van der Waals surface area contributed by atoms with Gasteiger partial charge in [-0.3, -0.25) is 39.4 Å². The first kappa shape index (κ1) is 55.5. The number of rotatable bonds is 16. The maximum absolute atomic E-state index is 12.4. The Morgan fingerprint density at radius 2 is 1.15 bits per heavy atom. The molecule has 2 saturated heterocycles. The summed E-state index contributed by atoms with van der Waals surface area (Å²) in [5.74, 6) is -0.740. The molecule has 3 aliphatic heterocycles. The van der Waals surface area contributed by atoms with E-state index in [4.69, 9.17) is 42.8 Å². The first-order valence-electron chi connectivity index (χ1n) is 22.3. The fourth-order valence-corrected chi connectivity index (χ4v) is 9.08. The van der Waals surface area contributed by atoms with Crippen LogP contribution >= 0.6 is 45.9 Å². The lowest BCUT2D eigenvalue weighted by atomic mass is 9.91. The number of ether oxygens (including phenoxy) is 5. The third-order valence-corrected chi connectivity index (χ3v) is 13.6. The molecule has 71 heavy (non-hydrogen) atoms. The number of amides is 4. The van der Waals surface area contributed by atoms with E-state index in [1.165, 1.54) is 48.9 Å². The van der Waals surface area contributed by atoms with E-state index in [1.54, 1.807) is 56.9 Å². The third-order valence-electron chi connectivity index (χ3n) is 11.1. The van der Waals surface area contributed by atoms with Crippen molar-refractivity contribution in [2.75, 3.05) is 87.2 Å². The van der Waals surface area contributed by atoms with E-state index in [-0.39, 0.29) is 42.9 Å². The van der Waals surface area contributed by atoms with Crippen LogP contribution in [0, 0.1) is 16.2 Å². The number of halogens is 2. The van der Waals surface area contributed by atoms with Crippen molar-refractivity contribution < 1.29 is 52.5 Å². The number of benzene rings is 2. The molecular weight excluding hydrogens is 1000 g/mol. The third kappa shape index (κ3) is 14.4. The second-order valence-electron chi connectivity index (χ2n) is 17.0. The standard InChI is InChI=1S/C23H25ClN4O5S.C18H20ClN3O3S.C7H13NO3/c1-23(2,21(30)32-3)20-25-10-11-27(20)14-4-6-15(7-5-14)28-13-16(33-22(28)31)12-26-19(29)17-8-9-18(24)34-17;1-2-9-20-12-3-5-13(6-4-12)22-11-14(25-18(22)24)10-21-17(23)15-7-8-16(19)26-15;1-7(2,5(8)10-3)6(9)11-4/h4-9,16H,10-13H2,1-3H3,(H,26,29);3-8,14,20H,2,9-11H2,1H3,(H,21,23);8H,1-4H3/t16-;14-;/m00./s1. The van der Waals surface area contributed by atoms with Gasteiger partial charge in [-0.1, -0.05) is 30.1 Å². The molecule has 4 N–H and O–H groups in total. The van der Waals surface area contributed by atoms with Gasteiger partial charge < -0.3 is 44.5 Å². The molecule has 0 saturated carbocycles. The number of thiophene rings is 2. The highest BCUT2D eigenvalue weighted by atomic mass is 35.5. The number of esters is 2. The van der Waals surface area contributed by atoms with Crippen LogP contribution in [0.1, 0.15) is 60.4 Å². The molecule has 2 atom stereocenters. The highest BCUT2D eigenvalue weighted by Crippen LogP contribution is 2.32. The zero-order chi connectivity index (χ0) is 52.0. The molecule has 0 unspecified atom stereocenters. The second-order valence-corrected chi connectivity index (χ2v) is 20.4. The highest BCUT2D eigenvalue weighted by molar-refractivity contribution is 7.18. The molecule has 4 aromatic rings. The Kier molecular flexibility index (Phi) is 19.6. The smallest absolute Gasteiger partial charge is 0.414 e. The average Bonchev–Trinajstić information content (AvgIpc) is 4.24. The number of anilines is 4. The summed E-state index contributed by atoms with van der Waals surface area (Å²) in [6, 6.07) is 21.7. The molecule has 2 aromatic heterocycles. The monoisotopic (exact) mass is 1060 g/mol. The van der Waals surface area contributed by atoms with Crippen LogP contribution in [0.3, 0.4) is 0 Å². The lowest BCUT2D eigenvalue weighted by Crippen LogP contribution is -2.43. The normalized spacial score (nSPS) is 16.3. The number of nitrogens with zero attached hydrogens (tertiary/aromatic N) is 4.